The van der Waals surface area contributed by atoms with Gasteiger partial charge in [0.15, 0.2) is 0 Å². The number of nitrogens with one attached hydrogen (secondary N) is 3. The number of piperidine rings is 1. The minimum Gasteiger partial charge on any atom is -0.355 e. The number of nitrogens with zero attached hydrogens (tertiary/aromatic N) is 1. The second kappa shape index (κ2) is 11.3. The molecule has 3 N–H and O–H groups in total. The van der Waals surface area contributed by atoms with Crippen molar-refractivity contribution < 1.29 is 14.4 Å². The molecule has 148 valence electrons. The van der Waals surface area contributed by atoms with Gasteiger partial charge in [0.05, 0.1) is 6.54 Å². The van der Waals surface area contributed by atoms with Crippen LogP contribution in [0.1, 0.15) is 43.0 Å². The van der Waals surface area contributed by atoms with Gasteiger partial charge >= 0.3 is 0 Å². The zero-order chi connectivity index (χ0) is 19.5. The Kier molecular flexibility index (Phi) is 8.77. The lowest BCUT2D eigenvalue weighted by Gasteiger charge is -2.31. The van der Waals surface area contributed by atoms with Crippen molar-refractivity contribution in [2.24, 2.45) is 0 Å². The first kappa shape index (κ1) is 20.9. The molecule has 7 nitrogen and oxygen atoms in total. The summed E-state index contributed by atoms with van der Waals surface area (Å²) in [5, 5.41) is 8.67. The molecule has 1 fully saturated rings. The van der Waals surface area contributed by atoms with Crippen LogP contribution in [0, 0.1) is 0 Å². The predicted octanol–water partition coefficient (Wildman–Crippen LogP) is 0.913. The van der Waals surface area contributed by atoms with Gasteiger partial charge < -0.3 is 16.0 Å². The average molecular weight is 374 g/mol. The van der Waals surface area contributed by atoms with Crippen LogP contribution in [0.5, 0.6) is 0 Å². The summed E-state index contributed by atoms with van der Waals surface area (Å²) in [5.41, 5.74) is 0.591. The molecule has 27 heavy (non-hydrogen) atoms. The van der Waals surface area contributed by atoms with E-state index in [0.717, 1.165) is 32.4 Å². The maximum Gasteiger partial charge on any atom is 0.251 e. The van der Waals surface area contributed by atoms with Gasteiger partial charge in [0, 0.05) is 44.2 Å². The normalized spacial score (nSPS) is 15.1. The topological polar surface area (TPSA) is 90.5 Å². The fraction of sp³-hybridized carbons (Fsp3) is 0.550. The summed E-state index contributed by atoms with van der Waals surface area (Å²) in [5.74, 6) is -0.158. The van der Waals surface area contributed by atoms with Crippen LogP contribution in [0.2, 0.25) is 0 Å². The van der Waals surface area contributed by atoms with Crippen LogP contribution in [0.15, 0.2) is 30.3 Å². The van der Waals surface area contributed by atoms with Crippen LogP contribution in [0.3, 0.4) is 0 Å². The van der Waals surface area contributed by atoms with E-state index in [1.54, 1.807) is 24.3 Å². The zero-order valence-electron chi connectivity index (χ0n) is 16.0. The van der Waals surface area contributed by atoms with E-state index in [0.29, 0.717) is 25.2 Å². The highest BCUT2D eigenvalue weighted by Gasteiger charge is 2.21. The first-order chi connectivity index (χ1) is 13.1. The molecule has 7 heteroatoms. The summed E-state index contributed by atoms with van der Waals surface area (Å²) in [6, 6.07) is 9.09. The van der Waals surface area contributed by atoms with Crippen molar-refractivity contribution in [2.75, 3.05) is 32.7 Å². The number of hydrogen-bond acceptors (Lipinski definition) is 4. The summed E-state index contributed by atoms with van der Waals surface area (Å²) in [6.45, 7) is 5.08. The molecule has 0 bridgehead atoms. The summed E-state index contributed by atoms with van der Waals surface area (Å²) >= 11 is 0. The van der Waals surface area contributed by atoms with Crippen molar-refractivity contribution in [3.8, 4) is 0 Å². The van der Waals surface area contributed by atoms with Gasteiger partial charge in [-0.2, -0.15) is 0 Å². The molecule has 3 amide bonds. The standard InChI is InChI=1S/C20H30N4O3/c1-2-11-21-19(26)15-24-13-9-17(10-14-24)23-18(25)8-12-22-20(27)16-6-4-3-5-7-16/h3-7,17H,2,8-15H2,1H3,(H,21,26)(H,22,27)(H,23,25). The van der Waals surface area contributed by atoms with E-state index in [9.17, 15) is 14.4 Å². The Morgan fingerprint density at radius 2 is 1.70 bits per heavy atom. The number of hydrogen-bond donors (Lipinski definition) is 3. The second-order valence-electron chi connectivity index (χ2n) is 6.84. The predicted molar refractivity (Wildman–Crippen MR) is 104 cm³/mol. The van der Waals surface area contributed by atoms with Crippen molar-refractivity contribution in [3.63, 3.8) is 0 Å². The first-order valence-electron chi connectivity index (χ1n) is 9.70. The van der Waals surface area contributed by atoms with Crippen LogP contribution in [0.4, 0.5) is 0 Å². The van der Waals surface area contributed by atoms with Gasteiger partial charge in [-0.15, -0.1) is 0 Å². The van der Waals surface area contributed by atoms with Gasteiger partial charge in [-0.05, 0) is 31.4 Å². The van der Waals surface area contributed by atoms with Crippen molar-refractivity contribution in [1.82, 2.24) is 20.9 Å². The summed E-state index contributed by atoms with van der Waals surface area (Å²) in [4.78, 5) is 37.9. The third-order valence-electron chi connectivity index (χ3n) is 4.57. The van der Waals surface area contributed by atoms with Crippen LogP contribution in [-0.2, 0) is 9.59 Å². The Bertz CT molecular complexity index is 613. The molecule has 0 atom stereocenters. The SMILES string of the molecule is CCCNC(=O)CN1CCC(NC(=O)CCNC(=O)c2ccccc2)CC1. The van der Waals surface area contributed by atoms with Gasteiger partial charge in [-0.1, -0.05) is 25.1 Å². The Balaban J connectivity index is 1.59. The molecule has 2 rings (SSSR count). The Labute approximate surface area is 160 Å². The highest BCUT2D eigenvalue weighted by molar-refractivity contribution is 5.94. The zero-order valence-corrected chi connectivity index (χ0v) is 16.0. The molecule has 1 aromatic rings. The maximum absolute atomic E-state index is 12.1. The van der Waals surface area contributed by atoms with E-state index in [4.69, 9.17) is 0 Å². The third-order valence-corrected chi connectivity index (χ3v) is 4.57. The Morgan fingerprint density at radius 3 is 2.37 bits per heavy atom. The monoisotopic (exact) mass is 374 g/mol. The maximum atomic E-state index is 12.1. The molecule has 0 spiro atoms. The van der Waals surface area contributed by atoms with E-state index in [2.05, 4.69) is 20.9 Å². The smallest absolute Gasteiger partial charge is 0.251 e. The first-order valence-corrected chi connectivity index (χ1v) is 9.70. The molecule has 0 aliphatic carbocycles. The van der Waals surface area contributed by atoms with E-state index < -0.39 is 0 Å². The van der Waals surface area contributed by atoms with Crippen LogP contribution >= 0.6 is 0 Å². The molecule has 0 unspecified atom stereocenters. The molecular formula is C20H30N4O3. The largest absolute Gasteiger partial charge is 0.355 e. The number of benzene rings is 1. The average Bonchev–Trinajstić information content (AvgIpc) is 2.68. The summed E-state index contributed by atoms with van der Waals surface area (Å²) < 4.78 is 0. The van der Waals surface area contributed by atoms with E-state index in [1.807, 2.05) is 13.0 Å². The Morgan fingerprint density at radius 1 is 1.00 bits per heavy atom. The van der Waals surface area contributed by atoms with Gasteiger partial charge in [0.1, 0.15) is 0 Å². The number of carbonyl (C=O) groups is 3. The number of likely N-dealkylation sites (tertiary alicyclic amines) is 1. The van der Waals surface area contributed by atoms with Crippen LogP contribution < -0.4 is 16.0 Å². The molecule has 0 saturated carbocycles. The lowest BCUT2D eigenvalue weighted by atomic mass is 10.0. The number of rotatable bonds is 9. The molecule has 1 aliphatic heterocycles. The quantitative estimate of drug-likeness (QED) is 0.599. The Hall–Kier alpha value is -2.41. The van der Waals surface area contributed by atoms with E-state index >= 15 is 0 Å². The van der Waals surface area contributed by atoms with Crippen molar-refractivity contribution in [2.45, 2.75) is 38.6 Å². The van der Waals surface area contributed by atoms with E-state index in [-0.39, 0.29) is 30.2 Å². The third kappa shape index (κ3) is 7.78. The van der Waals surface area contributed by atoms with Crippen molar-refractivity contribution in [3.05, 3.63) is 35.9 Å². The number of carbonyl (C=O) groups excluding carboxylic acids is 3. The summed E-state index contributed by atoms with van der Waals surface area (Å²) in [7, 11) is 0. The molecule has 0 aromatic heterocycles. The van der Waals surface area contributed by atoms with Gasteiger partial charge in [0.25, 0.3) is 5.91 Å². The minimum absolute atomic E-state index is 0.0532. The van der Waals surface area contributed by atoms with Crippen LogP contribution in [0.25, 0.3) is 0 Å². The fourth-order valence-electron chi connectivity index (χ4n) is 3.04. The highest BCUT2D eigenvalue weighted by atomic mass is 16.2. The molecular weight excluding hydrogens is 344 g/mol. The summed E-state index contributed by atoms with van der Waals surface area (Å²) in [6.07, 6.45) is 2.87. The molecule has 1 aromatic carbocycles. The lowest BCUT2D eigenvalue weighted by Crippen LogP contribution is -2.47. The highest BCUT2D eigenvalue weighted by Crippen LogP contribution is 2.10. The second-order valence-corrected chi connectivity index (χ2v) is 6.84. The molecule has 1 heterocycles. The molecule has 1 aliphatic rings. The van der Waals surface area contributed by atoms with Gasteiger partial charge in [-0.25, -0.2) is 0 Å². The number of amides is 3. The van der Waals surface area contributed by atoms with Crippen molar-refractivity contribution in [1.29, 1.82) is 0 Å². The molecule has 1 saturated heterocycles. The molecule has 0 radical (unpaired) electrons. The van der Waals surface area contributed by atoms with Crippen molar-refractivity contribution >= 4 is 17.7 Å². The minimum atomic E-state index is -0.168. The lowest BCUT2D eigenvalue weighted by molar-refractivity contribution is -0.124. The van der Waals surface area contributed by atoms with Gasteiger partial charge in [0.2, 0.25) is 11.8 Å². The van der Waals surface area contributed by atoms with Gasteiger partial charge in [-0.3, -0.25) is 19.3 Å². The van der Waals surface area contributed by atoms with Crippen LogP contribution in [-0.4, -0.2) is 61.4 Å². The van der Waals surface area contributed by atoms with E-state index in [1.165, 1.54) is 0 Å². The fourth-order valence-corrected chi connectivity index (χ4v) is 3.04.